The smallest absolute Gasteiger partial charge is 0.212 e. The lowest BCUT2D eigenvalue weighted by Crippen LogP contribution is -2.09. The predicted octanol–water partition coefficient (Wildman–Crippen LogP) is 5.91. The second-order valence-electron chi connectivity index (χ2n) is 5.54. The van der Waals surface area contributed by atoms with Crippen LogP contribution < -0.4 is 0 Å². The van der Waals surface area contributed by atoms with Crippen molar-refractivity contribution in [3.05, 3.63) is 68.8 Å². The summed E-state index contributed by atoms with van der Waals surface area (Å²) in [4.78, 5) is 0. The van der Waals surface area contributed by atoms with E-state index in [0.717, 1.165) is 13.8 Å². The van der Waals surface area contributed by atoms with Crippen LogP contribution >= 0.6 is 22.3 Å². The van der Waals surface area contributed by atoms with Gasteiger partial charge in [-0.15, -0.1) is 11.6 Å². The van der Waals surface area contributed by atoms with Gasteiger partial charge in [0.2, 0.25) is 9.05 Å². The number of halogens is 10. The van der Waals surface area contributed by atoms with Crippen molar-refractivity contribution < 1.29 is 43.5 Å². The van der Waals surface area contributed by atoms with E-state index in [2.05, 4.69) is 0 Å². The Bertz CT molecular complexity index is 1000. The van der Waals surface area contributed by atoms with Gasteiger partial charge in [0.05, 0.1) is 11.6 Å². The SMILES string of the molecule is Cc1c(F)c(F)c(CCl)c(F)c1F.Cc1c(F)c(F)c(CS(=O)(=O)Cl)c(F)c1F. The van der Waals surface area contributed by atoms with Gasteiger partial charge < -0.3 is 0 Å². The number of hydrogen-bond donors (Lipinski definition) is 0. The molecule has 162 valence electrons. The number of alkyl halides is 1. The molecule has 29 heavy (non-hydrogen) atoms. The summed E-state index contributed by atoms with van der Waals surface area (Å²) >= 11 is 5.12. The van der Waals surface area contributed by atoms with Gasteiger partial charge in [0.25, 0.3) is 0 Å². The summed E-state index contributed by atoms with van der Waals surface area (Å²) in [5.41, 5.74) is -3.55. The van der Waals surface area contributed by atoms with E-state index < -0.39 is 89.5 Å². The molecular formula is C16H10Cl2F8O2S. The van der Waals surface area contributed by atoms with Crippen molar-refractivity contribution in [3.8, 4) is 0 Å². The van der Waals surface area contributed by atoms with Crippen LogP contribution in [0.5, 0.6) is 0 Å². The maximum Gasteiger partial charge on any atom is 0.236 e. The first-order valence-electron chi connectivity index (χ1n) is 7.26. The van der Waals surface area contributed by atoms with Gasteiger partial charge in [-0.3, -0.25) is 0 Å². The molecule has 0 amide bonds. The molecule has 0 heterocycles. The highest BCUT2D eigenvalue weighted by atomic mass is 35.7. The third-order valence-corrected chi connectivity index (χ3v) is 4.83. The highest BCUT2D eigenvalue weighted by Crippen LogP contribution is 2.26. The Balaban J connectivity index is 0.000000296. The van der Waals surface area contributed by atoms with Gasteiger partial charge in [-0.05, 0) is 13.8 Å². The molecule has 2 aromatic carbocycles. The quantitative estimate of drug-likeness (QED) is 0.233. The van der Waals surface area contributed by atoms with E-state index in [1.165, 1.54) is 0 Å². The zero-order valence-corrected chi connectivity index (χ0v) is 16.7. The van der Waals surface area contributed by atoms with Gasteiger partial charge in [0, 0.05) is 32.9 Å². The van der Waals surface area contributed by atoms with Crippen molar-refractivity contribution >= 4 is 31.3 Å². The summed E-state index contributed by atoms with van der Waals surface area (Å²) in [5, 5.41) is 0. The lowest BCUT2D eigenvalue weighted by atomic mass is 10.1. The van der Waals surface area contributed by atoms with Crippen LogP contribution in [0, 0.1) is 60.4 Å². The van der Waals surface area contributed by atoms with Crippen molar-refractivity contribution in [1.29, 1.82) is 0 Å². The normalized spacial score (nSPS) is 11.3. The molecule has 0 atom stereocenters. The Kier molecular flexibility index (Phi) is 8.32. The Morgan fingerprint density at radius 2 is 0.897 bits per heavy atom. The van der Waals surface area contributed by atoms with Crippen molar-refractivity contribution in [2.75, 3.05) is 0 Å². The van der Waals surface area contributed by atoms with E-state index in [9.17, 15) is 43.5 Å². The summed E-state index contributed by atoms with van der Waals surface area (Å²) in [5.74, 6) is -14.3. The standard InChI is InChI=1S/C8H5ClF4O2S.C8H5ClF4/c1-3-5(10)7(12)4(2-16(9,14)15)8(13)6(3)11;1-3-5(10)7(12)4(2-9)8(13)6(3)11/h2H2,1H3;2H2,1H3. The minimum atomic E-state index is -4.31. The van der Waals surface area contributed by atoms with Gasteiger partial charge in [-0.2, -0.15) is 0 Å². The largest absolute Gasteiger partial charge is 0.236 e. The molecule has 0 radical (unpaired) electrons. The number of hydrogen-bond acceptors (Lipinski definition) is 2. The van der Waals surface area contributed by atoms with Crippen LogP contribution in [0.4, 0.5) is 35.1 Å². The van der Waals surface area contributed by atoms with Crippen LogP contribution in [0.15, 0.2) is 0 Å². The molecule has 0 fully saturated rings. The molecule has 0 unspecified atom stereocenters. The number of rotatable bonds is 3. The van der Waals surface area contributed by atoms with Gasteiger partial charge in [0.15, 0.2) is 46.5 Å². The molecule has 0 aliphatic carbocycles. The molecule has 0 saturated heterocycles. The van der Waals surface area contributed by atoms with Gasteiger partial charge in [-0.25, -0.2) is 43.5 Å². The molecule has 0 bridgehead atoms. The van der Waals surface area contributed by atoms with Crippen molar-refractivity contribution in [2.45, 2.75) is 25.5 Å². The average molecular weight is 489 g/mol. The van der Waals surface area contributed by atoms with E-state index >= 15 is 0 Å². The monoisotopic (exact) mass is 488 g/mol. The summed E-state index contributed by atoms with van der Waals surface area (Å²) < 4.78 is 125. The third kappa shape index (κ3) is 5.52. The van der Waals surface area contributed by atoms with Gasteiger partial charge >= 0.3 is 0 Å². The second kappa shape index (κ2) is 9.48. The van der Waals surface area contributed by atoms with Crippen LogP contribution in [0.2, 0.25) is 0 Å². The minimum Gasteiger partial charge on any atom is -0.212 e. The highest BCUT2D eigenvalue weighted by molar-refractivity contribution is 8.13. The summed E-state index contributed by atoms with van der Waals surface area (Å²) in [7, 11) is 0.440. The van der Waals surface area contributed by atoms with Crippen LogP contribution in [0.3, 0.4) is 0 Å². The lowest BCUT2D eigenvalue weighted by molar-refractivity contribution is 0.435. The van der Waals surface area contributed by atoms with E-state index in [0.29, 0.717) is 0 Å². The summed E-state index contributed by atoms with van der Waals surface area (Å²) in [6, 6.07) is 0. The Labute approximate surface area is 169 Å². The fourth-order valence-corrected chi connectivity index (χ4v) is 3.15. The predicted molar refractivity (Wildman–Crippen MR) is 90.1 cm³/mol. The molecular weight excluding hydrogens is 479 g/mol. The Morgan fingerprint density at radius 1 is 0.621 bits per heavy atom. The first-order chi connectivity index (χ1) is 13.2. The van der Waals surface area contributed by atoms with Crippen LogP contribution in [-0.4, -0.2) is 8.42 Å². The van der Waals surface area contributed by atoms with E-state index in [4.69, 9.17) is 22.3 Å². The molecule has 0 aliphatic heterocycles. The molecule has 2 rings (SSSR count). The van der Waals surface area contributed by atoms with Crippen molar-refractivity contribution in [3.63, 3.8) is 0 Å². The average Bonchev–Trinajstić information content (AvgIpc) is 2.65. The molecule has 2 nitrogen and oxygen atoms in total. The molecule has 13 heteroatoms. The van der Waals surface area contributed by atoms with Crippen molar-refractivity contribution in [1.82, 2.24) is 0 Å². The fraction of sp³-hybridized carbons (Fsp3) is 0.250. The number of benzene rings is 2. The summed E-state index contributed by atoms with van der Waals surface area (Å²) in [6.45, 7) is 1.78. The lowest BCUT2D eigenvalue weighted by Gasteiger charge is -2.07. The molecule has 0 aliphatic rings. The molecule has 0 saturated carbocycles. The van der Waals surface area contributed by atoms with E-state index in [1.807, 2.05) is 0 Å². The first kappa shape index (κ1) is 25.4. The Hall–Kier alpha value is -1.59. The van der Waals surface area contributed by atoms with Crippen LogP contribution in [0.25, 0.3) is 0 Å². The van der Waals surface area contributed by atoms with Crippen LogP contribution in [-0.2, 0) is 20.7 Å². The van der Waals surface area contributed by atoms with Gasteiger partial charge in [0.1, 0.15) is 0 Å². The maximum absolute atomic E-state index is 13.1. The fourth-order valence-electron chi connectivity index (χ4n) is 1.99. The molecule has 0 N–H and O–H groups in total. The summed E-state index contributed by atoms with van der Waals surface area (Å²) in [6.07, 6.45) is 0. The first-order valence-corrected chi connectivity index (χ1v) is 10.3. The molecule has 0 spiro atoms. The second-order valence-corrected chi connectivity index (χ2v) is 8.58. The minimum absolute atomic E-state index is 0.605. The zero-order valence-electron chi connectivity index (χ0n) is 14.4. The third-order valence-electron chi connectivity index (χ3n) is 3.60. The van der Waals surface area contributed by atoms with E-state index in [1.54, 1.807) is 0 Å². The topological polar surface area (TPSA) is 34.1 Å². The van der Waals surface area contributed by atoms with Gasteiger partial charge in [-0.1, -0.05) is 0 Å². The van der Waals surface area contributed by atoms with Crippen LogP contribution in [0.1, 0.15) is 22.3 Å². The Morgan fingerprint density at radius 3 is 1.14 bits per heavy atom. The van der Waals surface area contributed by atoms with Crippen molar-refractivity contribution in [2.24, 2.45) is 0 Å². The maximum atomic E-state index is 13.1. The molecule has 2 aromatic rings. The zero-order chi connectivity index (χ0) is 22.8. The van der Waals surface area contributed by atoms with E-state index in [-0.39, 0.29) is 0 Å². The highest BCUT2D eigenvalue weighted by Gasteiger charge is 2.26. The molecule has 0 aromatic heterocycles.